The van der Waals surface area contributed by atoms with Gasteiger partial charge in [0.05, 0.1) is 16.8 Å². The first-order valence-corrected chi connectivity index (χ1v) is 8.29. The van der Waals surface area contributed by atoms with Gasteiger partial charge in [0.25, 0.3) is 0 Å². The maximum absolute atomic E-state index is 11.2. The van der Waals surface area contributed by atoms with Crippen molar-refractivity contribution in [2.45, 2.75) is 12.1 Å². The minimum absolute atomic E-state index is 0.113. The van der Waals surface area contributed by atoms with Crippen LogP contribution < -0.4 is 4.72 Å². The summed E-state index contributed by atoms with van der Waals surface area (Å²) in [5, 5.41) is 0.812. The number of benzene rings is 1. The van der Waals surface area contributed by atoms with Gasteiger partial charge in [-0.1, -0.05) is 23.9 Å². The van der Waals surface area contributed by atoms with Crippen molar-refractivity contribution in [1.82, 2.24) is 14.7 Å². The van der Waals surface area contributed by atoms with Crippen molar-refractivity contribution in [3.8, 4) is 0 Å². The molecular formula is C11H15N3O2S2. The lowest BCUT2D eigenvalue weighted by Gasteiger charge is -2.02. The van der Waals surface area contributed by atoms with E-state index in [1.165, 1.54) is 11.8 Å². The molecule has 0 saturated carbocycles. The Labute approximate surface area is 110 Å². The minimum atomic E-state index is -3.09. The Hall–Kier alpha value is -1.05. The first-order chi connectivity index (χ1) is 8.61. The summed E-state index contributed by atoms with van der Waals surface area (Å²) in [4.78, 5) is 7.58. The monoisotopic (exact) mass is 285 g/mol. The van der Waals surface area contributed by atoms with Crippen LogP contribution in [-0.2, 0) is 10.0 Å². The molecule has 5 nitrogen and oxygen atoms in total. The largest absolute Gasteiger partial charge is 0.333 e. The molecule has 2 rings (SSSR count). The van der Waals surface area contributed by atoms with E-state index in [2.05, 4.69) is 14.7 Å². The molecule has 0 atom stereocenters. The summed E-state index contributed by atoms with van der Waals surface area (Å²) in [5.41, 5.74) is 1.92. The number of nitrogens with zero attached hydrogens (tertiary/aromatic N) is 1. The van der Waals surface area contributed by atoms with Gasteiger partial charge in [0, 0.05) is 12.3 Å². The van der Waals surface area contributed by atoms with E-state index in [9.17, 15) is 8.42 Å². The Kier molecular flexibility index (Phi) is 4.26. The number of fused-ring (bicyclic) bond motifs is 1. The highest BCUT2D eigenvalue weighted by Gasteiger charge is 2.06. The molecule has 98 valence electrons. The molecule has 7 heteroatoms. The molecule has 2 aromatic rings. The Morgan fingerprint density at radius 3 is 2.89 bits per heavy atom. The lowest BCUT2D eigenvalue weighted by Crippen LogP contribution is -2.27. The van der Waals surface area contributed by atoms with Crippen molar-refractivity contribution >= 4 is 32.8 Å². The highest BCUT2D eigenvalue weighted by atomic mass is 32.2. The molecule has 1 aromatic carbocycles. The molecule has 0 aliphatic rings. The third kappa shape index (κ3) is 3.47. The highest BCUT2D eigenvalue weighted by Crippen LogP contribution is 2.18. The van der Waals surface area contributed by atoms with E-state index in [0.717, 1.165) is 16.2 Å². The average Bonchev–Trinajstić information content (AvgIpc) is 2.77. The summed E-state index contributed by atoms with van der Waals surface area (Å²) in [6.07, 6.45) is 0. The second-order valence-corrected chi connectivity index (χ2v) is 6.88. The summed E-state index contributed by atoms with van der Waals surface area (Å²) in [5.74, 6) is 0.765. The summed E-state index contributed by atoms with van der Waals surface area (Å²) in [6.45, 7) is 2.03. The molecule has 1 heterocycles. The van der Waals surface area contributed by atoms with Gasteiger partial charge in [0.15, 0.2) is 5.16 Å². The molecule has 0 fully saturated rings. The quantitative estimate of drug-likeness (QED) is 0.624. The Morgan fingerprint density at radius 2 is 2.17 bits per heavy atom. The third-order valence-electron chi connectivity index (χ3n) is 2.41. The maximum Gasteiger partial charge on any atom is 0.211 e. The lowest BCUT2D eigenvalue weighted by atomic mass is 10.3. The zero-order valence-corrected chi connectivity index (χ0v) is 11.6. The van der Waals surface area contributed by atoms with Crippen LogP contribution in [0.4, 0.5) is 0 Å². The van der Waals surface area contributed by atoms with Crippen LogP contribution in [0.5, 0.6) is 0 Å². The Bertz CT molecular complexity index is 589. The standard InChI is InChI=1S/C11H15N3O2S2/c1-2-18(15,16)12-7-8-17-11-13-9-5-3-4-6-10(9)14-11/h3-6,12H,2,7-8H2,1H3,(H,13,14). The summed E-state index contributed by atoms with van der Waals surface area (Å²) in [7, 11) is -3.09. The van der Waals surface area contributed by atoms with Gasteiger partial charge < -0.3 is 4.98 Å². The molecule has 0 aliphatic heterocycles. The fraction of sp³-hybridized carbons (Fsp3) is 0.364. The van der Waals surface area contributed by atoms with Gasteiger partial charge in [-0.05, 0) is 19.1 Å². The van der Waals surface area contributed by atoms with E-state index in [0.29, 0.717) is 12.3 Å². The van der Waals surface area contributed by atoms with Gasteiger partial charge in [-0.25, -0.2) is 18.1 Å². The van der Waals surface area contributed by atoms with Crippen molar-refractivity contribution < 1.29 is 8.42 Å². The van der Waals surface area contributed by atoms with Crippen LogP contribution in [0.25, 0.3) is 11.0 Å². The number of aromatic nitrogens is 2. The molecule has 0 saturated heterocycles. The van der Waals surface area contributed by atoms with Crippen molar-refractivity contribution in [1.29, 1.82) is 0 Å². The summed E-state index contributed by atoms with van der Waals surface area (Å²) >= 11 is 1.50. The van der Waals surface area contributed by atoms with Gasteiger partial charge in [0.1, 0.15) is 0 Å². The number of hydrogen-bond acceptors (Lipinski definition) is 4. The molecule has 0 aliphatic carbocycles. The lowest BCUT2D eigenvalue weighted by molar-refractivity contribution is 0.585. The van der Waals surface area contributed by atoms with E-state index in [-0.39, 0.29) is 5.75 Å². The molecule has 0 radical (unpaired) electrons. The van der Waals surface area contributed by atoms with Gasteiger partial charge in [-0.2, -0.15) is 0 Å². The number of aromatic amines is 1. The molecule has 0 spiro atoms. The van der Waals surface area contributed by atoms with Crippen LogP contribution in [0.3, 0.4) is 0 Å². The summed E-state index contributed by atoms with van der Waals surface area (Å²) < 4.78 is 24.9. The Balaban J connectivity index is 1.87. The van der Waals surface area contributed by atoms with Crippen molar-refractivity contribution in [2.75, 3.05) is 18.1 Å². The van der Waals surface area contributed by atoms with Crippen molar-refractivity contribution in [2.24, 2.45) is 0 Å². The van der Waals surface area contributed by atoms with E-state index in [4.69, 9.17) is 0 Å². The molecule has 0 bridgehead atoms. The van der Waals surface area contributed by atoms with Crippen LogP contribution in [-0.4, -0.2) is 36.4 Å². The van der Waals surface area contributed by atoms with Gasteiger partial charge in [-0.15, -0.1) is 0 Å². The van der Waals surface area contributed by atoms with Gasteiger partial charge >= 0.3 is 0 Å². The minimum Gasteiger partial charge on any atom is -0.333 e. The van der Waals surface area contributed by atoms with Crippen molar-refractivity contribution in [3.63, 3.8) is 0 Å². The van der Waals surface area contributed by atoms with Crippen molar-refractivity contribution in [3.05, 3.63) is 24.3 Å². The molecule has 2 N–H and O–H groups in total. The fourth-order valence-electron chi connectivity index (χ4n) is 1.44. The van der Waals surface area contributed by atoms with Crippen LogP contribution in [0.1, 0.15) is 6.92 Å². The number of nitrogens with one attached hydrogen (secondary N) is 2. The summed E-state index contributed by atoms with van der Waals surface area (Å²) in [6, 6.07) is 7.79. The first kappa shape index (κ1) is 13.4. The van der Waals surface area contributed by atoms with Gasteiger partial charge in [0.2, 0.25) is 10.0 Å². The van der Waals surface area contributed by atoms with Crippen LogP contribution in [0.2, 0.25) is 0 Å². The normalized spacial score (nSPS) is 12.1. The number of rotatable bonds is 6. The zero-order valence-electron chi connectivity index (χ0n) is 10.0. The predicted octanol–water partition coefficient (Wildman–Crippen LogP) is 1.59. The number of para-hydroxylation sites is 2. The number of imidazole rings is 1. The number of thioether (sulfide) groups is 1. The number of hydrogen-bond donors (Lipinski definition) is 2. The van der Waals surface area contributed by atoms with E-state index < -0.39 is 10.0 Å². The van der Waals surface area contributed by atoms with Crippen LogP contribution >= 0.6 is 11.8 Å². The smallest absolute Gasteiger partial charge is 0.211 e. The molecular weight excluding hydrogens is 270 g/mol. The average molecular weight is 285 g/mol. The molecule has 18 heavy (non-hydrogen) atoms. The van der Waals surface area contributed by atoms with E-state index in [1.54, 1.807) is 6.92 Å². The SMILES string of the molecule is CCS(=O)(=O)NCCSc1nc2ccccc2[nH]1. The van der Waals surface area contributed by atoms with E-state index in [1.807, 2.05) is 24.3 Å². The topological polar surface area (TPSA) is 74.8 Å². The Morgan fingerprint density at radius 1 is 1.39 bits per heavy atom. The fourth-order valence-corrected chi connectivity index (χ4v) is 2.93. The number of sulfonamides is 1. The van der Waals surface area contributed by atoms with Crippen LogP contribution in [0, 0.1) is 0 Å². The number of H-pyrrole nitrogens is 1. The van der Waals surface area contributed by atoms with Crippen LogP contribution in [0.15, 0.2) is 29.4 Å². The molecule has 0 amide bonds. The third-order valence-corrected chi connectivity index (χ3v) is 4.69. The first-order valence-electron chi connectivity index (χ1n) is 5.65. The maximum atomic E-state index is 11.2. The molecule has 0 unspecified atom stereocenters. The predicted molar refractivity (Wildman–Crippen MR) is 74.3 cm³/mol. The second-order valence-electron chi connectivity index (χ2n) is 3.71. The van der Waals surface area contributed by atoms with Gasteiger partial charge in [-0.3, -0.25) is 0 Å². The van der Waals surface area contributed by atoms with E-state index >= 15 is 0 Å². The highest BCUT2D eigenvalue weighted by molar-refractivity contribution is 7.99. The molecule has 1 aromatic heterocycles. The zero-order chi connectivity index (χ0) is 13.0. The second kappa shape index (κ2) is 5.73.